The highest BCUT2D eigenvalue weighted by Crippen LogP contribution is 2.25. The molecule has 1 aromatic rings. The highest BCUT2D eigenvalue weighted by molar-refractivity contribution is 5.65. The maximum atomic E-state index is 11.0. The van der Waals surface area contributed by atoms with Crippen LogP contribution in [0.1, 0.15) is 12.5 Å². The predicted octanol–water partition coefficient (Wildman–Crippen LogP) is 2.30. The monoisotopic (exact) mass is 335 g/mol. The normalized spacial score (nSPS) is 18.2. The lowest BCUT2D eigenvalue weighted by Gasteiger charge is -2.38. The quantitative estimate of drug-likeness (QED) is 0.633. The lowest BCUT2D eigenvalue weighted by molar-refractivity contribution is -0.384. The second-order valence-electron chi connectivity index (χ2n) is 5.66. The van der Waals surface area contributed by atoms with Crippen LogP contribution in [0, 0.1) is 10.1 Å². The molecule has 8 heteroatoms. The largest absolute Gasteiger partial charge is 0.492 e. The molecule has 0 bridgehead atoms. The van der Waals surface area contributed by atoms with Crippen molar-refractivity contribution < 1.29 is 19.6 Å². The van der Waals surface area contributed by atoms with Gasteiger partial charge in [-0.25, -0.2) is 4.79 Å². The summed E-state index contributed by atoms with van der Waals surface area (Å²) in [6.07, 6.45) is 0.635. The van der Waals surface area contributed by atoms with E-state index >= 15 is 0 Å². The number of hydrogen-bond acceptors (Lipinski definition) is 5. The summed E-state index contributed by atoms with van der Waals surface area (Å²) in [5, 5.41) is 19.8. The Morgan fingerprint density at radius 3 is 2.88 bits per heavy atom. The molecule has 0 radical (unpaired) electrons. The first-order chi connectivity index (χ1) is 11.4. The van der Waals surface area contributed by atoms with Crippen molar-refractivity contribution >= 4 is 17.9 Å². The van der Waals surface area contributed by atoms with E-state index in [2.05, 4.69) is 11.5 Å². The van der Waals surface area contributed by atoms with Crippen molar-refractivity contribution in [1.29, 1.82) is 0 Å². The zero-order chi connectivity index (χ0) is 17.7. The average molecular weight is 335 g/mol. The van der Waals surface area contributed by atoms with Crippen molar-refractivity contribution in [2.24, 2.45) is 0 Å². The van der Waals surface area contributed by atoms with Gasteiger partial charge in [0.25, 0.3) is 5.69 Å². The average Bonchev–Trinajstić information content (AvgIpc) is 2.54. The van der Waals surface area contributed by atoms with Crippen LogP contribution in [0.25, 0.3) is 6.08 Å². The second-order valence-corrected chi connectivity index (χ2v) is 5.66. The summed E-state index contributed by atoms with van der Waals surface area (Å²) in [5.41, 5.74) is 0.573. The molecule has 1 aliphatic rings. The molecule has 0 unspecified atom stereocenters. The van der Waals surface area contributed by atoms with Crippen LogP contribution >= 0.6 is 0 Å². The van der Waals surface area contributed by atoms with E-state index in [9.17, 15) is 14.9 Å². The zero-order valence-corrected chi connectivity index (χ0v) is 13.6. The van der Waals surface area contributed by atoms with E-state index in [1.807, 2.05) is 6.92 Å². The van der Waals surface area contributed by atoms with Gasteiger partial charge in [0.2, 0.25) is 0 Å². The second kappa shape index (κ2) is 7.78. The van der Waals surface area contributed by atoms with Crippen molar-refractivity contribution in [2.75, 3.05) is 32.8 Å². The molecule has 1 saturated heterocycles. The molecule has 1 amide bonds. The fraction of sp³-hybridized carbons (Fsp3) is 0.438. The Labute approximate surface area is 140 Å². The zero-order valence-electron chi connectivity index (χ0n) is 13.6. The lowest BCUT2D eigenvalue weighted by Crippen LogP contribution is -2.54. The first kappa shape index (κ1) is 17.7. The fourth-order valence-electron chi connectivity index (χ4n) is 2.75. The number of ether oxygens (including phenoxy) is 1. The Morgan fingerprint density at radius 1 is 1.54 bits per heavy atom. The number of amides is 1. The molecule has 8 nitrogen and oxygen atoms in total. The Balaban J connectivity index is 1.87. The van der Waals surface area contributed by atoms with Crippen molar-refractivity contribution in [3.8, 4) is 5.75 Å². The van der Waals surface area contributed by atoms with E-state index in [4.69, 9.17) is 9.84 Å². The van der Waals surface area contributed by atoms with Gasteiger partial charge in [-0.15, -0.1) is 0 Å². The van der Waals surface area contributed by atoms with E-state index in [1.54, 1.807) is 6.07 Å². The number of carbonyl (C=O) groups is 1. The molecule has 1 atom stereocenters. The SMILES string of the molecule is C=Cc1cc([N+](=O)[O-])ccc1OCCN1CCN(C(=O)O)[C@@H](C)C1. The standard InChI is InChI=1S/C16H21N3O5/c1-3-13-10-14(19(22)23)4-5-15(13)24-9-8-17-6-7-18(16(20)21)12(2)11-17/h3-5,10,12H,1,6-9,11H2,2H3,(H,20,21)/t12-/m0/s1. The van der Waals surface area contributed by atoms with Crippen molar-refractivity contribution in [3.63, 3.8) is 0 Å². The van der Waals surface area contributed by atoms with Crippen molar-refractivity contribution in [3.05, 3.63) is 40.5 Å². The van der Waals surface area contributed by atoms with Crippen LogP contribution < -0.4 is 4.74 Å². The molecule has 1 N–H and O–H groups in total. The number of nitro benzene ring substituents is 1. The van der Waals surface area contributed by atoms with E-state index in [1.165, 1.54) is 23.1 Å². The highest BCUT2D eigenvalue weighted by atomic mass is 16.6. The summed E-state index contributed by atoms with van der Waals surface area (Å²) in [5.74, 6) is 0.549. The Bertz CT molecular complexity index is 634. The van der Waals surface area contributed by atoms with E-state index in [0.717, 1.165) is 0 Å². The lowest BCUT2D eigenvalue weighted by atomic mass is 10.2. The van der Waals surface area contributed by atoms with Crippen LogP contribution in [0.15, 0.2) is 24.8 Å². The van der Waals surface area contributed by atoms with Crippen molar-refractivity contribution in [1.82, 2.24) is 9.80 Å². The van der Waals surface area contributed by atoms with Gasteiger partial charge in [-0.3, -0.25) is 15.0 Å². The van der Waals surface area contributed by atoms with Gasteiger partial charge in [0.05, 0.1) is 4.92 Å². The molecule has 0 aromatic heterocycles. The number of piperazine rings is 1. The third kappa shape index (κ3) is 4.23. The third-order valence-electron chi connectivity index (χ3n) is 4.05. The molecule has 130 valence electrons. The van der Waals surface area contributed by atoms with Gasteiger partial charge in [0.15, 0.2) is 0 Å². The van der Waals surface area contributed by atoms with Crippen LogP contribution in [0.2, 0.25) is 0 Å². The fourth-order valence-corrected chi connectivity index (χ4v) is 2.75. The minimum atomic E-state index is -0.889. The summed E-state index contributed by atoms with van der Waals surface area (Å²) in [6, 6.07) is 4.34. The Hall–Kier alpha value is -2.61. The minimum absolute atomic E-state index is 0.00383. The van der Waals surface area contributed by atoms with Crippen LogP contribution in [0.4, 0.5) is 10.5 Å². The summed E-state index contributed by atoms with van der Waals surface area (Å²) >= 11 is 0. The predicted molar refractivity (Wildman–Crippen MR) is 89.3 cm³/mol. The van der Waals surface area contributed by atoms with Gasteiger partial charge in [-0.1, -0.05) is 12.7 Å². The van der Waals surface area contributed by atoms with Crippen LogP contribution in [0.3, 0.4) is 0 Å². The summed E-state index contributed by atoms with van der Waals surface area (Å²) in [6.45, 7) is 8.40. The number of nitrogens with zero attached hydrogens (tertiary/aromatic N) is 3. The number of non-ortho nitro benzene ring substituents is 1. The van der Waals surface area contributed by atoms with Gasteiger partial charge in [0.1, 0.15) is 12.4 Å². The molecule has 0 saturated carbocycles. The molecule has 1 aromatic carbocycles. The van der Waals surface area contributed by atoms with E-state index in [0.29, 0.717) is 44.1 Å². The maximum Gasteiger partial charge on any atom is 0.407 e. The van der Waals surface area contributed by atoms with Gasteiger partial charge in [-0.05, 0) is 13.0 Å². The molecule has 1 heterocycles. The van der Waals surface area contributed by atoms with Gasteiger partial charge in [-0.2, -0.15) is 0 Å². The van der Waals surface area contributed by atoms with Crippen LogP contribution in [-0.4, -0.2) is 64.8 Å². The number of hydrogen-bond donors (Lipinski definition) is 1. The summed E-state index contributed by atoms with van der Waals surface area (Å²) in [4.78, 5) is 24.9. The molecule has 0 spiro atoms. The molecule has 2 rings (SSSR count). The summed E-state index contributed by atoms with van der Waals surface area (Å²) in [7, 11) is 0. The topological polar surface area (TPSA) is 96.2 Å². The molecular weight excluding hydrogens is 314 g/mol. The van der Waals surface area contributed by atoms with Gasteiger partial charge in [0, 0.05) is 49.9 Å². The number of nitro groups is 1. The third-order valence-corrected chi connectivity index (χ3v) is 4.05. The smallest absolute Gasteiger partial charge is 0.407 e. The van der Waals surface area contributed by atoms with Gasteiger partial charge >= 0.3 is 6.09 Å². The van der Waals surface area contributed by atoms with E-state index in [-0.39, 0.29) is 11.7 Å². The van der Waals surface area contributed by atoms with E-state index < -0.39 is 11.0 Å². The van der Waals surface area contributed by atoms with Crippen LogP contribution in [0.5, 0.6) is 5.75 Å². The first-order valence-electron chi connectivity index (χ1n) is 7.68. The molecular formula is C16H21N3O5. The highest BCUT2D eigenvalue weighted by Gasteiger charge is 2.26. The Kier molecular flexibility index (Phi) is 5.75. The molecule has 1 aliphatic heterocycles. The number of carboxylic acid groups (broad SMARTS) is 1. The molecule has 1 fully saturated rings. The summed E-state index contributed by atoms with van der Waals surface area (Å²) < 4.78 is 5.71. The number of benzene rings is 1. The van der Waals surface area contributed by atoms with Gasteiger partial charge < -0.3 is 14.7 Å². The molecule has 0 aliphatic carbocycles. The number of rotatable bonds is 6. The molecule has 24 heavy (non-hydrogen) atoms. The minimum Gasteiger partial charge on any atom is -0.492 e. The van der Waals surface area contributed by atoms with Crippen LogP contribution in [-0.2, 0) is 0 Å². The van der Waals surface area contributed by atoms with Crippen molar-refractivity contribution in [2.45, 2.75) is 13.0 Å². The maximum absolute atomic E-state index is 11.0. The first-order valence-corrected chi connectivity index (χ1v) is 7.68. The Morgan fingerprint density at radius 2 is 2.29 bits per heavy atom.